The van der Waals surface area contributed by atoms with Crippen LogP contribution in [0.15, 0.2) is 34.7 Å². The summed E-state index contributed by atoms with van der Waals surface area (Å²) in [5.41, 5.74) is 1.80. The third-order valence-corrected chi connectivity index (χ3v) is 6.47. The van der Waals surface area contributed by atoms with E-state index in [0.717, 1.165) is 36.3 Å². The Morgan fingerprint density at radius 2 is 1.87 bits per heavy atom. The summed E-state index contributed by atoms with van der Waals surface area (Å²) >= 11 is 0. The zero-order chi connectivity index (χ0) is 21.0. The van der Waals surface area contributed by atoms with Gasteiger partial charge in [-0.3, -0.25) is 19.3 Å². The molecule has 2 unspecified atom stereocenters. The van der Waals surface area contributed by atoms with E-state index in [2.05, 4.69) is 6.92 Å². The molecular formula is C24H26N2O4. The average molecular weight is 406 g/mol. The molecule has 6 heteroatoms. The van der Waals surface area contributed by atoms with Crippen molar-refractivity contribution in [3.05, 3.63) is 58.5 Å². The average Bonchev–Trinajstić information content (AvgIpc) is 3.63. The van der Waals surface area contributed by atoms with Crippen LogP contribution >= 0.6 is 0 Å². The molecule has 2 aliphatic carbocycles. The molecule has 30 heavy (non-hydrogen) atoms. The Kier molecular flexibility index (Phi) is 4.53. The molecule has 1 aromatic heterocycles. The van der Waals surface area contributed by atoms with Gasteiger partial charge in [0.2, 0.25) is 5.91 Å². The number of imide groups is 1. The number of amides is 3. The van der Waals surface area contributed by atoms with Crippen LogP contribution in [-0.4, -0.2) is 40.1 Å². The number of hydrogen-bond acceptors (Lipinski definition) is 4. The Morgan fingerprint density at radius 1 is 1.13 bits per heavy atom. The smallest absolute Gasteiger partial charge is 0.261 e. The lowest BCUT2D eigenvalue weighted by Crippen LogP contribution is -2.37. The van der Waals surface area contributed by atoms with E-state index in [0.29, 0.717) is 29.5 Å². The van der Waals surface area contributed by atoms with E-state index in [1.165, 1.54) is 4.90 Å². The molecule has 2 aromatic rings. The maximum Gasteiger partial charge on any atom is 0.261 e. The van der Waals surface area contributed by atoms with Gasteiger partial charge < -0.3 is 9.32 Å². The van der Waals surface area contributed by atoms with Crippen molar-refractivity contribution in [2.75, 3.05) is 6.54 Å². The predicted molar refractivity (Wildman–Crippen MR) is 110 cm³/mol. The number of furan rings is 1. The van der Waals surface area contributed by atoms with Crippen molar-refractivity contribution in [1.82, 2.24) is 9.80 Å². The van der Waals surface area contributed by atoms with Crippen LogP contribution in [0.2, 0.25) is 0 Å². The lowest BCUT2D eigenvalue weighted by molar-refractivity contribution is -0.132. The Labute approximate surface area is 175 Å². The minimum atomic E-state index is -0.310. The third-order valence-electron chi connectivity index (χ3n) is 6.47. The van der Waals surface area contributed by atoms with E-state index >= 15 is 0 Å². The normalized spacial score (nSPS) is 22.4. The first-order valence-corrected chi connectivity index (χ1v) is 10.8. The van der Waals surface area contributed by atoms with E-state index in [1.807, 2.05) is 30.0 Å². The molecule has 2 atom stereocenters. The van der Waals surface area contributed by atoms with Gasteiger partial charge in [-0.15, -0.1) is 0 Å². The second kappa shape index (κ2) is 7.11. The number of fused-ring (bicyclic) bond motifs is 1. The van der Waals surface area contributed by atoms with Crippen LogP contribution in [0.3, 0.4) is 0 Å². The molecule has 0 N–H and O–H groups in total. The van der Waals surface area contributed by atoms with Gasteiger partial charge in [0.1, 0.15) is 11.5 Å². The molecule has 5 rings (SSSR count). The summed E-state index contributed by atoms with van der Waals surface area (Å²) in [7, 11) is 0. The Morgan fingerprint density at radius 3 is 2.57 bits per heavy atom. The summed E-state index contributed by atoms with van der Waals surface area (Å²) in [6, 6.07) is 9.49. The number of nitrogens with zero attached hydrogens (tertiary/aromatic N) is 2. The standard InChI is InChI=1S/C24H26N2O4/c1-14-3-7-18-20(11-14)24(29)25(23(18)28)10-9-22(27)26(16-4-5-16)13-17-6-8-21(30-17)19-12-15(19)2/h3,6-8,11,15-16,19H,4-5,9-10,12-13H2,1-2H3. The molecular weight excluding hydrogens is 380 g/mol. The third kappa shape index (κ3) is 3.44. The molecule has 1 aromatic carbocycles. The van der Waals surface area contributed by atoms with Crippen molar-refractivity contribution in [2.24, 2.45) is 5.92 Å². The van der Waals surface area contributed by atoms with Crippen LogP contribution in [0.5, 0.6) is 0 Å². The Hall–Kier alpha value is -2.89. The topological polar surface area (TPSA) is 70.8 Å². The molecule has 156 valence electrons. The van der Waals surface area contributed by atoms with E-state index in [1.54, 1.807) is 12.1 Å². The SMILES string of the molecule is Cc1ccc2c(c1)C(=O)N(CCC(=O)N(Cc1ccc(C3CC3C)o1)C1CC1)C2=O. The largest absolute Gasteiger partial charge is 0.464 e. The first-order chi connectivity index (χ1) is 14.4. The van der Waals surface area contributed by atoms with Crippen molar-refractivity contribution in [3.63, 3.8) is 0 Å². The van der Waals surface area contributed by atoms with Crippen molar-refractivity contribution in [2.45, 2.75) is 58.0 Å². The van der Waals surface area contributed by atoms with Gasteiger partial charge >= 0.3 is 0 Å². The molecule has 2 saturated carbocycles. The molecule has 2 heterocycles. The first kappa shape index (κ1) is 19.1. The molecule has 1 aliphatic heterocycles. The summed E-state index contributed by atoms with van der Waals surface area (Å²) in [5.74, 6) is 2.36. The van der Waals surface area contributed by atoms with Gasteiger partial charge in [0.25, 0.3) is 11.8 Å². The number of aryl methyl sites for hydroxylation is 1. The number of carbonyl (C=O) groups excluding carboxylic acids is 3. The summed E-state index contributed by atoms with van der Waals surface area (Å²) in [6.07, 6.45) is 3.28. The summed E-state index contributed by atoms with van der Waals surface area (Å²) in [4.78, 5) is 41.3. The molecule has 6 nitrogen and oxygen atoms in total. The van der Waals surface area contributed by atoms with Crippen LogP contribution in [0, 0.1) is 12.8 Å². The van der Waals surface area contributed by atoms with Gasteiger partial charge in [-0.05, 0) is 56.4 Å². The van der Waals surface area contributed by atoms with Gasteiger partial charge in [0.15, 0.2) is 0 Å². The number of benzene rings is 1. The fourth-order valence-electron chi connectivity index (χ4n) is 4.33. The monoisotopic (exact) mass is 406 g/mol. The Bertz CT molecular complexity index is 1040. The highest BCUT2D eigenvalue weighted by Crippen LogP contribution is 2.47. The van der Waals surface area contributed by atoms with Gasteiger partial charge in [0.05, 0.1) is 17.7 Å². The van der Waals surface area contributed by atoms with E-state index in [4.69, 9.17) is 4.42 Å². The predicted octanol–water partition coefficient (Wildman–Crippen LogP) is 3.89. The zero-order valence-corrected chi connectivity index (χ0v) is 17.4. The lowest BCUT2D eigenvalue weighted by atomic mass is 10.1. The van der Waals surface area contributed by atoms with Gasteiger partial charge in [0, 0.05) is 24.9 Å². The fraction of sp³-hybridized carbons (Fsp3) is 0.458. The number of hydrogen-bond donors (Lipinski definition) is 0. The molecule has 0 spiro atoms. The second-order valence-electron chi connectivity index (χ2n) is 8.94. The Balaban J connectivity index is 1.23. The molecule has 0 bridgehead atoms. The van der Waals surface area contributed by atoms with Crippen LogP contribution in [0.25, 0.3) is 0 Å². The van der Waals surface area contributed by atoms with Crippen LogP contribution in [0.1, 0.15) is 76.3 Å². The summed E-state index contributed by atoms with van der Waals surface area (Å²) < 4.78 is 5.99. The molecule has 0 radical (unpaired) electrons. The van der Waals surface area contributed by atoms with Gasteiger partial charge in [-0.1, -0.05) is 18.6 Å². The quantitative estimate of drug-likeness (QED) is 0.654. The van der Waals surface area contributed by atoms with Crippen molar-refractivity contribution in [1.29, 1.82) is 0 Å². The van der Waals surface area contributed by atoms with E-state index in [9.17, 15) is 14.4 Å². The van der Waals surface area contributed by atoms with Crippen LogP contribution in [-0.2, 0) is 11.3 Å². The summed E-state index contributed by atoms with van der Waals surface area (Å²) in [5, 5.41) is 0. The molecule has 3 aliphatic rings. The van der Waals surface area contributed by atoms with Crippen molar-refractivity contribution < 1.29 is 18.8 Å². The highest BCUT2D eigenvalue weighted by atomic mass is 16.3. The van der Waals surface area contributed by atoms with Gasteiger partial charge in [-0.2, -0.15) is 0 Å². The van der Waals surface area contributed by atoms with Crippen LogP contribution in [0.4, 0.5) is 0 Å². The highest BCUT2D eigenvalue weighted by Gasteiger charge is 2.39. The fourth-order valence-corrected chi connectivity index (χ4v) is 4.33. The first-order valence-electron chi connectivity index (χ1n) is 10.8. The molecule has 3 amide bonds. The minimum Gasteiger partial charge on any atom is -0.464 e. The maximum absolute atomic E-state index is 13.0. The zero-order valence-electron chi connectivity index (χ0n) is 17.4. The number of rotatable bonds is 7. The number of carbonyl (C=O) groups is 3. The van der Waals surface area contributed by atoms with Gasteiger partial charge in [-0.25, -0.2) is 0 Å². The molecule has 0 saturated heterocycles. The van der Waals surface area contributed by atoms with Crippen molar-refractivity contribution in [3.8, 4) is 0 Å². The maximum atomic E-state index is 13.0. The highest BCUT2D eigenvalue weighted by molar-refractivity contribution is 6.21. The van der Waals surface area contributed by atoms with E-state index < -0.39 is 0 Å². The summed E-state index contributed by atoms with van der Waals surface area (Å²) in [6.45, 7) is 4.66. The second-order valence-corrected chi connectivity index (χ2v) is 8.94. The van der Waals surface area contributed by atoms with E-state index in [-0.39, 0.29) is 36.7 Å². The molecule has 2 fully saturated rings. The van der Waals surface area contributed by atoms with Crippen molar-refractivity contribution >= 4 is 17.7 Å². The minimum absolute atomic E-state index is 0.0389. The lowest BCUT2D eigenvalue weighted by Gasteiger charge is -2.22. The van der Waals surface area contributed by atoms with Crippen LogP contribution < -0.4 is 0 Å².